The van der Waals surface area contributed by atoms with Crippen molar-refractivity contribution < 1.29 is 23.5 Å². The van der Waals surface area contributed by atoms with Gasteiger partial charge in [0.05, 0.1) is 0 Å². The molecule has 0 spiro atoms. The molecule has 0 fully saturated rings. The lowest BCUT2D eigenvalue weighted by atomic mass is 10.1. The number of H-pyrrole nitrogens is 1. The zero-order valence-corrected chi connectivity index (χ0v) is 24.1. The highest BCUT2D eigenvalue weighted by molar-refractivity contribution is 6.02. The number of anilines is 1. The summed E-state index contributed by atoms with van der Waals surface area (Å²) < 4.78 is 18.9. The Hall–Kier alpha value is -5.44. The zero-order valence-electron chi connectivity index (χ0n) is 24.1. The van der Waals surface area contributed by atoms with E-state index in [9.17, 15) is 18.8 Å². The number of carbonyl (C=O) groups is 3. The summed E-state index contributed by atoms with van der Waals surface area (Å²) in [5.74, 6) is -0.521. The number of fused-ring (bicyclic) bond motifs is 2. The molecule has 0 unspecified atom stereocenters. The number of aromatic amines is 1. The third-order valence-corrected chi connectivity index (χ3v) is 7.87. The molecular weight excluding hydrogens is 559 g/mol. The first-order chi connectivity index (χ1) is 21.3. The highest BCUT2D eigenvalue weighted by atomic mass is 19.1. The van der Waals surface area contributed by atoms with Crippen LogP contribution in [0.15, 0.2) is 103 Å². The van der Waals surface area contributed by atoms with Crippen molar-refractivity contribution in [3.8, 4) is 11.5 Å². The molecule has 5 aromatic rings. The van der Waals surface area contributed by atoms with Gasteiger partial charge in [-0.2, -0.15) is 0 Å². The molecule has 0 atom stereocenters. The Morgan fingerprint density at radius 2 is 1.45 bits per heavy atom. The Bertz CT molecular complexity index is 1760. The van der Waals surface area contributed by atoms with Crippen LogP contribution in [0.25, 0.3) is 10.9 Å². The van der Waals surface area contributed by atoms with Gasteiger partial charge >= 0.3 is 0 Å². The molecule has 3 amide bonds. The normalized spacial score (nSPS) is 12.5. The summed E-state index contributed by atoms with van der Waals surface area (Å²) in [6.07, 6.45) is 1.49. The number of ether oxygens (including phenoxy) is 1. The number of benzene rings is 4. The summed E-state index contributed by atoms with van der Waals surface area (Å²) in [7, 11) is 1.75. The van der Waals surface area contributed by atoms with Gasteiger partial charge in [0.1, 0.15) is 36.1 Å². The molecule has 1 aliphatic carbocycles. The van der Waals surface area contributed by atoms with Gasteiger partial charge in [-0.15, -0.1) is 0 Å². The van der Waals surface area contributed by atoms with E-state index < -0.39 is 11.8 Å². The fourth-order valence-electron chi connectivity index (χ4n) is 5.47. The molecule has 44 heavy (non-hydrogen) atoms. The highest BCUT2D eigenvalue weighted by Gasteiger charge is 2.30. The molecule has 0 saturated heterocycles. The average molecular weight is 591 g/mol. The van der Waals surface area contributed by atoms with E-state index in [2.05, 4.69) is 22.4 Å². The molecule has 6 rings (SSSR count). The lowest BCUT2D eigenvalue weighted by Gasteiger charge is -2.28. The van der Waals surface area contributed by atoms with Gasteiger partial charge in [-0.1, -0.05) is 42.5 Å². The SMILES string of the molecule is CN(C(=O)CN(CC(=O)Nc1ccc(Oc2ccc(F)cc2)cc1)C(=O)c1cc2ccccc2[nH]1)C1Cc2ccccc2C1. The first kappa shape index (κ1) is 28.7. The molecule has 222 valence electrons. The molecule has 8 nitrogen and oxygen atoms in total. The molecule has 9 heteroatoms. The predicted octanol–water partition coefficient (Wildman–Crippen LogP) is 5.81. The number of para-hydroxylation sites is 1. The van der Waals surface area contributed by atoms with Crippen LogP contribution in [0.4, 0.5) is 10.1 Å². The number of rotatable bonds is 9. The minimum atomic E-state index is -0.453. The van der Waals surface area contributed by atoms with Crippen LogP contribution >= 0.6 is 0 Å². The minimum Gasteiger partial charge on any atom is -0.457 e. The van der Waals surface area contributed by atoms with Crippen LogP contribution in [-0.2, 0) is 22.4 Å². The van der Waals surface area contributed by atoms with Crippen molar-refractivity contribution in [1.82, 2.24) is 14.8 Å². The van der Waals surface area contributed by atoms with Crippen LogP contribution in [0.2, 0.25) is 0 Å². The number of carbonyl (C=O) groups excluding carboxylic acids is 3. The van der Waals surface area contributed by atoms with Crippen molar-refractivity contribution in [3.63, 3.8) is 0 Å². The van der Waals surface area contributed by atoms with E-state index >= 15 is 0 Å². The maximum absolute atomic E-state index is 13.7. The summed E-state index contributed by atoms with van der Waals surface area (Å²) in [4.78, 5) is 46.5. The number of hydrogen-bond donors (Lipinski definition) is 2. The molecular formula is C35H31FN4O4. The van der Waals surface area contributed by atoms with E-state index in [1.165, 1.54) is 40.3 Å². The number of aromatic nitrogens is 1. The average Bonchev–Trinajstić information content (AvgIpc) is 3.67. The van der Waals surface area contributed by atoms with Crippen molar-refractivity contribution in [2.24, 2.45) is 0 Å². The van der Waals surface area contributed by atoms with Crippen LogP contribution in [0.1, 0.15) is 21.6 Å². The second kappa shape index (κ2) is 12.4. The summed E-state index contributed by atoms with van der Waals surface area (Å²) in [6.45, 7) is -0.581. The lowest BCUT2D eigenvalue weighted by Crippen LogP contribution is -2.47. The van der Waals surface area contributed by atoms with E-state index in [1.54, 1.807) is 42.3 Å². The van der Waals surface area contributed by atoms with Crippen LogP contribution in [0.3, 0.4) is 0 Å². The van der Waals surface area contributed by atoms with Gasteiger partial charge < -0.3 is 24.8 Å². The Labute approximate surface area is 254 Å². The minimum absolute atomic E-state index is 0.0191. The van der Waals surface area contributed by atoms with E-state index in [0.29, 0.717) is 22.9 Å². The summed E-state index contributed by atoms with van der Waals surface area (Å²) >= 11 is 0. The zero-order chi connectivity index (χ0) is 30.6. The number of nitrogens with zero attached hydrogens (tertiary/aromatic N) is 2. The molecule has 0 aliphatic heterocycles. The largest absolute Gasteiger partial charge is 0.457 e. The van der Waals surface area contributed by atoms with Gasteiger partial charge in [0, 0.05) is 29.7 Å². The van der Waals surface area contributed by atoms with Crippen molar-refractivity contribution in [2.45, 2.75) is 18.9 Å². The van der Waals surface area contributed by atoms with E-state index in [4.69, 9.17) is 4.74 Å². The molecule has 0 bridgehead atoms. The van der Waals surface area contributed by atoms with Crippen LogP contribution in [0.5, 0.6) is 11.5 Å². The predicted molar refractivity (Wildman–Crippen MR) is 166 cm³/mol. The lowest BCUT2D eigenvalue weighted by molar-refractivity contribution is -0.132. The number of halogens is 1. The third kappa shape index (κ3) is 6.47. The van der Waals surface area contributed by atoms with Crippen molar-refractivity contribution in [3.05, 3.63) is 126 Å². The van der Waals surface area contributed by atoms with Crippen LogP contribution in [-0.4, -0.2) is 58.7 Å². The van der Waals surface area contributed by atoms with Crippen molar-refractivity contribution in [2.75, 3.05) is 25.5 Å². The van der Waals surface area contributed by atoms with Crippen LogP contribution in [0, 0.1) is 5.82 Å². The molecule has 0 saturated carbocycles. The van der Waals surface area contributed by atoms with Crippen molar-refractivity contribution >= 4 is 34.3 Å². The highest BCUT2D eigenvalue weighted by Crippen LogP contribution is 2.26. The Balaban J connectivity index is 1.15. The molecule has 1 heterocycles. The molecule has 4 aromatic carbocycles. The summed E-state index contributed by atoms with van der Waals surface area (Å²) in [5, 5.41) is 3.66. The number of likely N-dealkylation sites (N-methyl/N-ethyl adjacent to an activating group) is 1. The Kier molecular flexibility index (Phi) is 8.10. The summed E-state index contributed by atoms with van der Waals surface area (Å²) in [6, 6.07) is 29.7. The van der Waals surface area contributed by atoms with Gasteiger partial charge in [0.15, 0.2) is 0 Å². The molecule has 2 N–H and O–H groups in total. The molecule has 0 radical (unpaired) electrons. The first-order valence-electron chi connectivity index (χ1n) is 14.4. The number of amides is 3. The van der Waals surface area contributed by atoms with E-state index in [-0.39, 0.29) is 30.9 Å². The van der Waals surface area contributed by atoms with E-state index in [1.807, 2.05) is 36.4 Å². The fourth-order valence-corrected chi connectivity index (χ4v) is 5.47. The van der Waals surface area contributed by atoms with Gasteiger partial charge in [0.2, 0.25) is 11.8 Å². The van der Waals surface area contributed by atoms with Crippen molar-refractivity contribution in [1.29, 1.82) is 0 Å². The quantitative estimate of drug-likeness (QED) is 0.227. The standard InChI is InChI=1S/C35H31FN4O4/c1-39(28-18-23-6-2-3-7-24(23)19-28)34(42)22-40(35(43)32-20-25-8-4-5-9-31(25)38-32)21-33(41)37-27-12-16-30(17-13-27)44-29-14-10-26(36)11-15-29/h2-17,20,28,38H,18-19,21-22H2,1H3,(H,37,41). The topological polar surface area (TPSA) is 94.7 Å². The second-order valence-corrected chi connectivity index (χ2v) is 10.9. The Morgan fingerprint density at radius 1 is 0.841 bits per heavy atom. The second-order valence-electron chi connectivity index (χ2n) is 10.9. The van der Waals surface area contributed by atoms with Gasteiger partial charge in [-0.3, -0.25) is 14.4 Å². The third-order valence-electron chi connectivity index (χ3n) is 7.87. The van der Waals surface area contributed by atoms with Gasteiger partial charge in [-0.25, -0.2) is 4.39 Å². The Morgan fingerprint density at radius 3 is 2.11 bits per heavy atom. The maximum Gasteiger partial charge on any atom is 0.271 e. The molecule has 1 aromatic heterocycles. The van der Waals surface area contributed by atoms with Crippen LogP contribution < -0.4 is 10.1 Å². The monoisotopic (exact) mass is 590 g/mol. The van der Waals surface area contributed by atoms with Gasteiger partial charge in [-0.05, 0) is 84.6 Å². The van der Waals surface area contributed by atoms with Gasteiger partial charge in [0.25, 0.3) is 5.91 Å². The number of hydrogen-bond acceptors (Lipinski definition) is 4. The smallest absolute Gasteiger partial charge is 0.271 e. The first-order valence-corrected chi connectivity index (χ1v) is 14.4. The molecule has 1 aliphatic rings. The van der Waals surface area contributed by atoms with E-state index in [0.717, 1.165) is 23.7 Å². The fraction of sp³-hybridized carbons (Fsp3) is 0.171. The maximum atomic E-state index is 13.7. The summed E-state index contributed by atoms with van der Waals surface area (Å²) in [5.41, 5.74) is 4.01. The number of nitrogens with one attached hydrogen (secondary N) is 2.